The van der Waals surface area contributed by atoms with Crippen LogP contribution in [0.3, 0.4) is 0 Å². The number of ether oxygens (including phenoxy) is 1. The van der Waals surface area contributed by atoms with Crippen molar-refractivity contribution in [2.75, 3.05) is 11.4 Å². The van der Waals surface area contributed by atoms with Crippen LogP contribution in [0.25, 0.3) is 0 Å². The molecule has 0 aliphatic carbocycles. The fourth-order valence-corrected chi connectivity index (χ4v) is 4.06. The van der Waals surface area contributed by atoms with Gasteiger partial charge in [0.2, 0.25) is 5.78 Å². The third kappa shape index (κ3) is 3.08. The number of anilines is 1. The van der Waals surface area contributed by atoms with Crippen LogP contribution >= 0.6 is 0 Å². The molecule has 1 fully saturated rings. The van der Waals surface area contributed by atoms with E-state index in [0.29, 0.717) is 36.7 Å². The number of carbonyl (C=O) groups excluding carboxylic acids is 1. The highest BCUT2D eigenvalue weighted by Crippen LogP contribution is 2.39. The summed E-state index contributed by atoms with van der Waals surface area (Å²) in [6.07, 6.45) is 0.324. The molecule has 2 heterocycles. The molecule has 150 valence electrons. The van der Waals surface area contributed by atoms with Gasteiger partial charge in [0.1, 0.15) is 18.2 Å². The Morgan fingerprint density at radius 3 is 2.60 bits per heavy atom. The molecule has 2 aliphatic heterocycles. The summed E-state index contributed by atoms with van der Waals surface area (Å²) >= 11 is 0. The van der Waals surface area contributed by atoms with E-state index in [4.69, 9.17) is 4.74 Å². The van der Waals surface area contributed by atoms with Crippen LogP contribution < -0.4 is 9.64 Å². The van der Waals surface area contributed by atoms with Crippen LogP contribution in [0.2, 0.25) is 0 Å². The zero-order valence-corrected chi connectivity index (χ0v) is 16.7. The molecule has 0 aromatic heterocycles. The number of benzene rings is 3. The number of amidine groups is 1. The Balaban J connectivity index is 1.40. The SMILES string of the molecule is Cc1ccc2c(c1)C(=O)[C@]1(O)CCN(c3ccc(OCc4ccccc4)cc3)C1=N2. The number of carbonyl (C=O) groups is 1. The second kappa shape index (κ2) is 7.11. The van der Waals surface area contributed by atoms with Crippen molar-refractivity contribution in [1.82, 2.24) is 0 Å². The summed E-state index contributed by atoms with van der Waals surface area (Å²) < 4.78 is 5.86. The van der Waals surface area contributed by atoms with E-state index >= 15 is 0 Å². The molecule has 0 bridgehead atoms. The summed E-state index contributed by atoms with van der Waals surface area (Å²) in [4.78, 5) is 19.6. The summed E-state index contributed by atoms with van der Waals surface area (Å²) in [5, 5.41) is 11.2. The number of fused-ring (bicyclic) bond motifs is 2. The van der Waals surface area contributed by atoms with E-state index in [1.165, 1.54) is 0 Å². The van der Waals surface area contributed by atoms with E-state index in [1.807, 2.05) is 78.6 Å². The average Bonchev–Trinajstić information content (AvgIpc) is 3.12. The fourth-order valence-electron chi connectivity index (χ4n) is 4.06. The van der Waals surface area contributed by atoms with Gasteiger partial charge < -0.3 is 14.7 Å². The van der Waals surface area contributed by atoms with E-state index in [1.54, 1.807) is 6.07 Å². The van der Waals surface area contributed by atoms with Crippen LogP contribution in [0.5, 0.6) is 5.75 Å². The predicted molar refractivity (Wildman–Crippen MR) is 117 cm³/mol. The Kier molecular flexibility index (Phi) is 4.40. The van der Waals surface area contributed by atoms with Crippen molar-refractivity contribution in [2.24, 2.45) is 4.99 Å². The van der Waals surface area contributed by atoms with Gasteiger partial charge in [0.05, 0.1) is 5.69 Å². The average molecular weight is 398 g/mol. The number of nitrogens with zero attached hydrogens (tertiary/aromatic N) is 2. The molecule has 0 saturated carbocycles. The smallest absolute Gasteiger partial charge is 0.204 e. The van der Waals surface area contributed by atoms with Crippen LogP contribution in [-0.2, 0) is 6.61 Å². The summed E-state index contributed by atoms with van der Waals surface area (Å²) in [5.74, 6) is 0.901. The first kappa shape index (κ1) is 18.6. The lowest BCUT2D eigenvalue weighted by atomic mass is 9.87. The first-order valence-electron chi connectivity index (χ1n) is 10.1. The van der Waals surface area contributed by atoms with Gasteiger partial charge in [-0.15, -0.1) is 0 Å². The Labute approximate surface area is 175 Å². The maximum absolute atomic E-state index is 13.0. The van der Waals surface area contributed by atoms with Crippen molar-refractivity contribution in [3.63, 3.8) is 0 Å². The maximum Gasteiger partial charge on any atom is 0.204 e. The van der Waals surface area contributed by atoms with Crippen molar-refractivity contribution < 1.29 is 14.6 Å². The third-order valence-corrected chi connectivity index (χ3v) is 5.72. The van der Waals surface area contributed by atoms with Crippen molar-refractivity contribution in [2.45, 2.75) is 25.6 Å². The standard InChI is InChI=1S/C25H22N2O3/c1-17-7-12-22-21(15-17)23(28)25(29)13-14-27(24(25)26-22)19-8-10-20(11-9-19)30-16-18-5-3-2-4-6-18/h2-12,15,29H,13-14,16H2,1H3/t25-/m1/s1. The minimum Gasteiger partial charge on any atom is -0.489 e. The summed E-state index contributed by atoms with van der Waals surface area (Å²) in [6, 6.07) is 23.2. The molecule has 30 heavy (non-hydrogen) atoms. The Bertz CT molecular complexity index is 1140. The molecular formula is C25H22N2O3. The van der Waals surface area contributed by atoms with Crippen LogP contribution in [0, 0.1) is 6.92 Å². The minimum absolute atomic E-state index is 0.267. The lowest BCUT2D eigenvalue weighted by Crippen LogP contribution is -2.48. The number of hydrogen-bond donors (Lipinski definition) is 1. The van der Waals surface area contributed by atoms with Gasteiger partial charge in [0, 0.05) is 24.2 Å². The van der Waals surface area contributed by atoms with Gasteiger partial charge in [-0.25, -0.2) is 4.99 Å². The van der Waals surface area contributed by atoms with E-state index in [2.05, 4.69) is 4.99 Å². The van der Waals surface area contributed by atoms with Crippen molar-refractivity contribution in [3.8, 4) is 5.75 Å². The van der Waals surface area contributed by atoms with Gasteiger partial charge in [0.15, 0.2) is 5.60 Å². The van der Waals surface area contributed by atoms with Gasteiger partial charge in [0.25, 0.3) is 0 Å². The number of ketones is 1. The number of Topliss-reactive ketones (excluding diaryl/α,β-unsaturated/α-hetero) is 1. The quantitative estimate of drug-likeness (QED) is 0.706. The normalized spacial score (nSPS) is 19.9. The number of hydrogen-bond acceptors (Lipinski definition) is 5. The highest BCUT2D eigenvalue weighted by Gasteiger charge is 2.52. The van der Waals surface area contributed by atoms with Crippen LogP contribution in [0.4, 0.5) is 11.4 Å². The summed E-state index contributed by atoms with van der Waals surface area (Å²) in [7, 11) is 0. The van der Waals surface area contributed by atoms with Crippen molar-refractivity contribution >= 4 is 23.0 Å². The summed E-state index contributed by atoms with van der Waals surface area (Å²) in [6.45, 7) is 2.96. The Morgan fingerprint density at radius 1 is 1.07 bits per heavy atom. The van der Waals surface area contributed by atoms with Crippen LogP contribution in [0.15, 0.2) is 77.8 Å². The molecule has 5 heteroatoms. The molecule has 0 radical (unpaired) electrons. The first-order chi connectivity index (χ1) is 14.5. The van der Waals surface area contributed by atoms with E-state index in [-0.39, 0.29) is 5.78 Å². The lowest BCUT2D eigenvalue weighted by molar-refractivity contribution is 0.0602. The molecule has 0 unspecified atom stereocenters. The number of aliphatic imine (C=N–C) groups is 1. The van der Waals surface area contributed by atoms with Crippen molar-refractivity contribution in [1.29, 1.82) is 0 Å². The molecule has 1 N–H and O–H groups in total. The molecule has 1 saturated heterocycles. The lowest BCUT2D eigenvalue weighted by Gasteiger charge is -2.29. The molecule has 3 aromatic carbocycles. The highest BCUT2D eigenvalue weighted by atomic mass is 16.5. The molecule has 0 spiro atoms. The van der Waals surface area contributed by atoms with E-state index in [9.17, 15) is 9.90 Å². The molecule has 5 nitrogen and oxygen atoms in total. The maximum atomic E-state index is 13.0. The topological polar surface area (TPSA) is 62.1 Å². The number of rotatable bonds is 4. The van der Waals surface area contributed by atoms with Gasteiger partial charge in [-0.3, -0.25) is 4.79 Å². The molecule has 5 rings (SSSR count). The summed E-state index contributed by atoms with van der Waals surface area (Å²) in [5.41, 5.74) is 2.50. The Hall–Kier alpha value is -3.44. The molecule has 3 aromatic rings. The van der Waals surface area contributed by atoms with Gasteiger partial charge >= 0.3 is 0 Å². The second-order valence-corrected chi connectivity index (χ2v) is 7.82. The van der Waals surface area contributed by atoms with Crippen molar-refractivity contribution in [3.05, 3.63) is 89.5 Å². The van der Waals surface area contributed by atoms with E-state index in [0.717, 1.165) is 22.6 Å². The van der Waals surface area contributed by atoms with Gasteiger partial charge in [-0.05, 0) is 48.9 Å². The zero-order chi connectivity index (χ0) is 20.7. The third-order valence-electron chi connectivity index (χ3n) is 5.72. The number of aliphatic hydroxyl groups is 1. The highest BCUT2D eigenvalue weighted by molar-refractivity contribution is 6.28. The van der Waals surface area contributed by atoms with Gasteiger partial charge in [-0.1, -0.05) is 42.0 Å². The first-order valence-corrected chi connectivity index (χ1v) is 10.1. The minimum atomic E-state index is -1.57. The Morgan fingerprint density at radius 2 is 1.83 bits per heavy atom. The second-order valence-electron chi connectivity index (χ2n) is 7.82. The monoisotopic (exact) mass is 398 g/mol. The molecule has 0 amide bonds. The van der Waals surface area contributed by atoms with Crippen LogP contribution in [0.1, 0.15) is 27.9 Å². The van der Waals surface area contributed by atoms with Crippen LogP contribution in [-0.4, -0.2) is 28.9 Å². The molecule has 2 aliphatic rings. The molecule has 1 atom stereocenters. The predicted octanol–water partition coefficient (Wildman–Crippen LogP) is 4.44. The fraction of sp³-hybridized carbons (Fsp3) is 0.200. The number of aryl methyl sites for hydroxylation is 1. The zero-order valence-electron chi connectivity index (χ0n) is 16.7. The largest absolute Gasteiger partial charge is 0.489 e. The van der Waals surface area contributed by atoms with E-state index < -0.39 is 5.60 Å². The van der Waals surface area contributed by atoms with Gasteiger partial charge in [-0.2, -0.15) is 0 Å². The molecular weight excluding hydrogens is 376 g/mol.